The predicted octanol–water partition coefficient (Wildman–Crippen LogP) is 3.23. The summed E-state index contributed by atoms with van der Waals surface area (Å²) in [4.78, 5) is 4.47. The van der Waals surface area contributed by atoms with Gasteiger partial charge in [-0.25, -0.2) is 13.4 Å². The molecule has 1 aliphatic rings. The maximum Gasteiger partial charge on any atom is 0.243 e. The zero-order chi connectivity index (χ0) is 15.0. The second-order valence-corrected chi connectivity index (χ2v) is 7.49. The van der Waals surface area contributed by atoms with Gasteiger partial charge in [0, 0.05) is 18.5 Å². The average molecular weight is 323 g/mol. The minimum atomic E-state index is -3.46. The van der Waals surface area contributed by atoms with Crippen LogP contribution in [0.15, 0.2) is 46.9 Å². The van der Waals surface area contributed by atoms with Crippen molar-refractivity contribution in [2.45, 2.75) is 18.2 Å². The van der Waals surface area contributed by atoms with Crippen LogP contribution in [-0.2, 0) is 10.0 Å². The van der Waals surface area contributed by atoms with Gasteiger partial charge in [-0.05, 0) is 43.7 Å². The van der Waals surface area contributed by atoms with Gasteiger partial charge in [-0.15, -0.1) is 0 Å². The molecular formula is C15H15ClN2O2S. The topological polar surface area (TPSA) is 50.3 Å². The molecular weight excluding hydrogens is 308 g/mol. The molecule has 21 heavy (non-hydrogen) atoms. The lowest BCUT2D eigenvalue weighted by atomic mass is 10.2. The molecule has 2 aromatic rings. The van der Waals surface area contributed by atoms with Crippen LogP contribution in [0.1, 0.15) is 13.3 Å². The Kier molecular flexibility index (Phi) is 3.73. The second kappa shape index (κ2) is 5.40. The second-order valence-electron chi connectivity index (χ2n) is 5.17. The Bertz CT molecular complexity index is 831. The molecule has 110 valence electrons. The van der Waals surface area contributed by atoms with E-state index < -0.39 is 10.0 Å². The van der Waals surface area contributed by atoms with Gasteiger partial charge in [0.1, 0.15) is 5.15 Å². The summed E-state index contributed by atoms with van der Waals surface area (Å²) in [5.74, 6) is 0. The van der Waals surface area contributed by atoms with E-state index in [0.29, 0.717) is 28.7 Å². The van der Waals surface area contributed by atoms with Crippen molar-refractivity contribution in [2.75, 3.05) is 13.1 Å². The van der Waals surface area contributed by atoms with Crippen molar-refractivity contribution in [1.29, 1.82) is 0 Å². The Morgan fingerprint density at radius 1 is 1.24 bits per heavy atom. The lowest BCUT2D eigenvalue weighted by Gasteiger charge is -2.25. The van der Waals surface area contributed by atoms with Crippen molar-refractivity contribution in [2.24, 2.45) is 0 Å². The van der Waals surface area contributed by atoms with Gasteiger partial charge in [0.15, 0.2) is 0 Å². The van der Waals surface area contributed by atoms with Crippen LogP contribution in [0.4, 0.5) is 0 Å². The first-order valence-corrected chi connectivity index (χ1v) is 8.51. The third-order valence-electron chi connectivity index (χ3n) is 3.56. The molecule has 0 spiro atoms. The molecule has 0 bridgehead atoms. The summed E-state index contributed by atoms with van der Waals surface area (Å²) in [7, 11) is -3.46. The third kappa shape index (κ3) is 2.81. The molecule has 0 unspecified atom stereocenters. The van der Waals surface area contributed by atoms with Crippen LogP contribution in [0, 0.1) is 0 Å². The van der Waals surface area contributed by atoms with Crippen LogP contribution in [0.5, 0.6) is 0 Å². The molecule has 3 rings (SSSR count). The average Bonchev–Trinajstić information content (AvgIpc) is 2.46. The normalized spacial score (nSPS) is 17.0. The molecule has 4 nitrogen and oxygen atoms in total. The summed E-state index contributed by atoms with van der Waals surface area (Å²) >= 11 is 5.84. The monoisotopic (exact) mass is 322 g/mol. The van der Waals surface area contributed by atoms with Crippen molar-refractivity contribution in [1.82, 2.24) is 9.29 Å². The number of hydrogen-bond donors (Lipinski definition) is 0. The quantitative estimate of drug-likeness (QED) is 0.630. The number of pyridine rings is 1. The Morgan fingerprint density at radius 2 is 2.05 bits per heavy atom. The molecule has 0 amide bonds. The van der Waals surface area contributed by atoms with Crippen molar-refractivity contribution in [3.63, 3.8) is 0 Å². The van der Waals surface area contributed by atoms with Crippen molar-refractivity contribution in [3.05, 3.63) is 47.1 Å². The van der Waals surface area contributed by atoms with E-state index in [1.54, 1.807) is 30.3 Å². The summed E-state index contributed by atoms with van der Waals surface area (Å²) < 4.78 is 26.9. The van der Waals surface area contributed by atoms with E-state index in [0.717, 1.165) is 17.4 Å². The highest BCUT2D eigenvalue weighted by atomic mass is 35.5. The maximum absolute atomic E-state index is 12.7. The Morgan fingerprint density at radius 3 is 2.81 bits per heavy atom. The SMILES string of the molecule is CC1=CCCN(S(=O)(=O)c2ccc3nc(Cl)ccc3c2)C1. The molecule has 1 aliphatic heterocycles. The number of halogens is 1. The van der Waals surface area contributed by atoms with E-state index in [9.17, 15) is 8.42 Å². The van der Waals surface area contributed by atoms with Crippen LogP contribution in [0.25, 0.3) is 10.9 Å². The van der Waals surface area contributed by atoms with Gasteiger partial charge >= 0.3 is 0 Å². The minimum Gasteiger partial charge on any atom is -0.236 e. The third-order valence-corrected chi connectivity index (χ3v) is 5.61. The fourth-order valence-electron chi connectivity index (χ4n) is 2.47. The first kappa shape index (κ1) is 14.5. The largest absolute Gasteiger partial charge is 0.243 e. The number of nitrogens with zero attached hydrogens (tertiary/aromatic N) is 2. The lowest BCUT2D eigenvalue weighted by Crippen LogP contribution is -2.35. The number of aromatic nitrogens is 1. The zero-order valence-electron chi connectivity index (χ0n) is 11.6. The molecule has 6 heteroatoms. The van der Waals surface area contributed by atoms with Crippen LogP contribution in [-0.4, -0.2) is 30.8 Å². The van der Waals surface area contributed by atoms with Gasteiger partial charge < -0.3 is 0 Å². The molecule has 1 aromatic carbocycles. The molecule has 0 saturated heterocycles. The molecule has 0 N–H and O–H groups in total. The molecule has 0 atom stereocenters. The number of benzene rings is 1. The van der Waals surface area contributed by atoms with Crippen LogP contribution in [0.2, 0.25) is 5.15 Å². The van der Waals surface area contributed by atoms with Gasteiger partial charge in [-0.3, -0.25) is 0 Å². The van der Waals surface area contributed by atoms with Crippen LogP contribution in [0.3, 0.4) is 0 Å². The minimum absolute atomic E-state index is 0.300. The van der Waals surface area contributed by atoms with Gasteiger partial charge in [0.2, 0.25) is 10.0 Å². The zero-order valence-corrected chi connectivity index (χ0v) is 13.2. The molecule has 0 aliphatic carbocycles. The summed E-state index contributed by atoms with van der Waals surface area (Å²) in [5.41, 5.74) is 1.77. The highest BCUT2D eigenvalue weighted by Crippen LogP contribution is 2.24. The first-order chi connectivity index (χ1) is 9.96. The van der Waals surface area contributed by atoms with E-state index in [4.69, 9.17) is 11.6 Å². The van der Waals surface area contributed by atoms with Crippen LogP contribution < -0.4 is 0 Å². The molecule has 2 heterocycles. The molecule has 0 saturated carbocycles. The van der Waals surface area contributed by atoms with E-state index in [-0.39, 0.29) is 0 Å². The molecule has 1 aromatic heterocycles. The fraction of sp³-hybridized carbons (Fsp3) is 0.267. The van der Waals surface area contributed by atoms with Crippen LogP contribution >= 0.6 is 11.6 Å². The fourth-order valence-corrected chi connectivity index (χ4v) is 4.16. The number of hydrogen-bond acceptors (Lipinski definition) is 3. The summed E-state index contributed by atoms with van der Waals surface area (Å²) in [5, 5.41) is 1.17. The summed E-state index contributed by atoms with van der Waals surface area (Å²) in [6, 6.07) is 8.39. The highest BCUT2D eigenvalue weighted by Gasteiger charge is 2.26. The molecule has 0 radical (unpaired) electrons. The maximum atomic E-state index is 12.7. The van der Waals surface area contributed by atoms with Crippen molar-refractivity contribution >= 4 is 32.5 Å². The van der Waals surface area contributed by atoms with E-state index in [2.05, 4.69) is 11.1 Å². The lowest BCUT2D eigenvalue weighted by molar-refractivity contribution is 0.428. The Balaban J connectivity index is 2.03. The van der Waals surface area contributed by atoms with Gasteiger partial charge in [-0.2, -0.15) is 4.31 Å². The van der Waals surface area contributed by atoms with E-state index in [1.165, 1.54) is 4.31 Å². The first-order valence-electron chi connectivity index (χ1n) is 6.69. The Labute approximate surface area is 129 Å². The number of fused-ring (bicyclic) bond motifs is 1. The molecule has 0 fully saturated rings. The van der Waals surface area contributed by atoms with Gasteiger partial charge in [-0.1, -0.05) is 23.3 Å². The van der Waals surface area contributed by atoms with E-state index in [1.807, 2.05) is 6.92 Å². The Hall–Kier alpha value is -1.43. The van der Waals surface area contributed by atoms with Crippen molar-refractivity contribution < 1.29 is 8.42 Å². The smallest absolute Gasteiger partial charge is 0.236 e. The number of rotatable bonds is 2. The summed E-state index contributed by atoms with van der Waals surface area (Å²) in [6.07, 6.45) is 2.84. The number of sulfonamides is 1. The highest BCUT2D eigenvalue weighted by molar-refractivity contribution is 7.89. The predicted molar refractivity (Wildman–Crippen MR) is 83.9 cm³/mol. The van der Waals surface area contributed by atoms with E-state index >= 15 is 0 Å². The summed E-state index contributed by atoms with van der Waals surface area (Å²) in [6.45, 7) is 2.93. The standard InChI is InChI=1S/C15H15ClN2O2S/c1-11-3-2-8-18(10-11)21(19,20)13-5-6-14-12(9-13)4-7-15(16)17-14/h3-7,9H,2,8,10H2,1H3. The van der Waals surface area contributed by atoms with Gasteiger partial charge in [0.25, 0.3) is 0 Å². The van der Waals surface area contributed by atoms with Crippen molar-refractivity contribution in [3.8, 4) is 0 Å². The van der Waals surface area contributed by atoms with Gasteiger partial charge in [0.05, 0.1) is 10.4 Å².